The monoisotopic (exact) mass is 438 g/mol. The maximum absolute atomic E-state index is 12.6. The van der Waals surface area contributed by atoms with Gasteiger partial charge in [-0.1, -0.05) is 60.7 Å². The summed E-state index contributed by atoms with van der Waals surface area (Å²) in [6.45, 7) is 0.577. The Balaban J connectivity index is 1.32. The predicted octanol–water partition coefficient (Wildman–Crippen LogP) is 4.15. The van der Waals surface area contributed by atoms with Gasteiger partial charge in [0, 0.05) is 36.8 Å². The average Bonchev–Trinajstić information content (AvgIpc) is 3.43. The van der Waals surface area contributed by atoms with E-state index in [0.717, 1.165) is 22.5 Å². The lowest BCUT2D eigenvalue weighted by molar-refractivity contribution is -0.121. The Hall–Kier alpha value is -4.39. The summed E-state index contributed by atoms with van der Waals surface area (Å²) in [6, 6.07) is 26.9. The van der Waals surface area contributed by atoms with Crippen LogP contribution >= 0.6 is 0 Å². The predicted molar refractivity (Wildman–Crippen MR) is 126 cm³/mol. The van der Waals surface area contributed by atoms with Crippen molar-refractivity contribution in [2.24, 2.45) is 0 Å². The Kier molecular flexibility index (Phi) is 5.59. The van der Waals surface area contributed by atoms with Crippen LogP contribution in [0, 0.1) is 0 Å². The van der Waals surface area contributed by atoms with Gasteiger partial charge >= 0.3 is 5.76 Å². The Labute approximate surface area is 189 Å². The van der Waals surface area contributed by atoms with Crippen molar-refractivity contribution < 1.29 is 9.21 Å². The standard InChI is InChI=1S/C26H22N4O3/c31-24(15-16-29-22-13-7-8-14-23(22)33-26(29)32)27-17-20-18-30(21-11-5-2-6-12-21)28-25(20)19-9-3-1-4-10-19/h1-14,18H,15-17H2,(H,27,31). The number of aryl methyl sites for hydroxylation is 1. The number of amides is 1. The maximum atomic E-state index is 12.6. The number of nitrogens with zero attached hydrogens (tertiary/aromatic N) is 3. The van der Waals surface area contributed by atoms with E-state index in [2.05, 4.69) is 5.32 Å². The van der Waals surface area contributed by atoms with E-state index in [4.69, 9.17) is 9.52 Å². The molecule has 0 unspecified atom stereocenters. The molecule has 0 bridgehead atoms. The number of benzene rings is 3. The minimum Gasteiger partial charge on any atom is -0.408 e. The molecule has 7 heteroatoms. The zero-order valence-electron chi connectivity index (χ0n) is 17.8. The molecule has 2 aromatic heterocycles. The van der Waals surface area contributed by atoms with Crippen LogP contribution in [0.2, 0.25) is 0 Å². The minimum atomic E-state index is -0.459. The summed E-state index contributed by atoms with van der Waals surface area (Å²) >= 11 is 0. The molecule has 0 aliphatic carbocycles. The van der Waals surface area contributed by atoms with Gasteiger partial charge in [0.25, 0.3) is 0 Å². The minimum absolute atomic E-state index is 0.154. The van der Waals surface area contributed by atoms with E-state index in [1.165, 1.54) is 4.57 Å². The molecule has 164 valence electrons. The highest BCUT2D eigenvalue weighted by atomic mass is 16.4. The zero-order chi connectivity index (χ0) is 22.6. The number of nitrogens with one attached hydrogen (secondary N) is 1. The Morgan fingerprint density at radius 1 is 0.909 bits per heavy atom. The smallest absolute Gasteiger partial charge is 0.408 e. The first-order valence-electron chi connectivity index (χ1n) is 10.7. The summed E-state index contributed by atoms with van der Waals surface area (Å²) in [4.78, 5) is 24.7. The van der Waals surface area contributed by atoms with E-state index in [1.54, 1.807) is 6.07 Å². The van der Waals surface area contributed by atoms with Crippen LogP contribution in [-0.4, -0.2) is 20.3 Å². The van der Waals surface area contributed by atoms with Crippen LogP contribution in [-0.2, 0) is 17.9 Å². The van der Waals surface area contributed by atoms with Crippen molar-refractivity contribution in [1.82, 2.24) is 19.7 Å². The molecule has 33 heavy (non-hydrogen) atoms. The first kappa shape index (κ1) is 20.5. The van der Waals surface area contributed by atoms with Crippen molar-refractivity contribution in [2.75, 3.05) is 0 Å². The van der Waals surface area contributed by atoms with E-state index in [1.807, 2.05) is 89.7 Å². The highest BCUT2D eigenvalue weighted by Gasteiger charge is 2.14. The molecule has 1 amide bonds. The van der Waals surface area contributed by atoms with Gasteiger partial charge in [-0.3, -0.25) is 9.36 Å². The fourth-order valence-corrected chi connectivity index (χ4v) is 3.81. The molecule has 3 aromatic carbocycles. The summed E-state index contributed by atoms with van der Waals surface area (Å²) in [7, 11) is 0. The molecule has 5 rings (SSSR count). The normalized spacial score (nSPS) is 11.0. The van der Waals surface area contributed by atoms with E-state index in [-0.39, 0.29) is 18.9 Å². The van der Waals surface area contributed by atoms with Gasteiger partial charge in [-0.2, -0.15) is 5.10 Å². The average molecular weight is 438 g/mol. The molecular formula is C26H22N4O3. The van der Waals surface area contributed by atoms with Crippen molar-refractivity contribution in [3.63, 3.8) is 0 Å². The molecule has 2 heterocycles. The Morgan fingerprint density at radius 2 is 1.61 bits per heavy atom. The van der Waals surface area contributed by atoms with Crippen LogP contribution < -0.4 is 11.1 Å². The summed E-state index contributed by atoms with van der Waals surface area (Å²) in [6.07, 6.45) is 2.10. The maximum Gasteiger partial charge on any atom is 0.419 e. The molecular weight excluding hydrogens is 416 g/mol. The SMILES string of the molecule is O=C(CCn1c(=O)oc2ccccc21)NCc1cn(-c2ccccc2)nc1-c1ccccc1. The Morgan fingerprint density at radius 3 is 2.39 bits per heavy atom. The fourth-order valence-electron chi connectivity index (χ4n) is 3.81. The summed E-state index contributed by atoms with van der Waals surface area (Å²) in [5, 5.41) is 7.73. The van der Waals surface area contributed by atoms with Crippen LogP contribution in [0.15, 0.2) is 100 Å². The van der Waals surface area contributed by atoms with Crippen molar-refractivity contribution in [3.8, 4) is 16.9 Å². The molecule has 0 saturated carbocycles. The van der Waals surface area contributed by atoms with Gasteiger partial charge in [0.1, 0.15) is 0 Å². The third-order valence-corrected chi connectivity index (χ3v) is 5.47. The van der Waals surface area contributed by atoms with Gasteiger partial charge in [0.2, 0.25) is 5.91 Å². The van der Waals surface area contributed by atoms with Gasteiger partial charge in [-0.05, 0) is 24.3 Å². The molecule has 0 saturated heterocycles. The lowest BCUT2D eigenvalue weighted by Crippen LogP contribution is -2.25. The number of rotatable bonds is 7. The molecule has 1 N–H and O–H groups in total. The summed E-state index contributed by atoms with van der Waals surface area (Å²) in [5.41, 5.74) is 4.85. The van der Waals surface area contributed by atoms with E-state index >= 15 is 0 Å². The summed E-state index contributed by atoms with van der Waals surface area (Å²) in [5.74, 6) is -0.613. The number of oxazole rings is 1. The van der Waals surface area contributed by atoms with Crippen molar-refractivity contribution >= 4 is 17.0 Å². The molecule has 0 aliphatic rings. The van der Waals surface area contributed by atoms with E-state index in [9.17, 15) is 9.59 Å². The van der Waals surface area contributed by atoms with Gasteiger partial charge < -0.3 is 9.73 Å². The Bertz CT molecular complexity index is 1450. The highest BCUT2D eigenvalue weighted by Crippen LogP contribution is 2.23. The molecule has 5 aromatic rings. The van der Waals surface area contributed by atoms with Crippen LogP contribution in [0.3, 0.4) is 0 Å². The highest BCUT2D eigenvalue weighted by molar-refractivity contribution is 5.77. The lowest BCUT2D eigenvalue weighted by atomic mass is 10.1. The van der Waals surface area contributed by atoms with Crippen molar-refractivity contribution in [2.45, 2.75) is 19.5 Å². The van der Waals surface area contributed by atoms with Gasteiger partial charge in [-0.25, -0.2) is 9.48 Å². The largest absolute Gasteiger partial charge is 0.419 e. The molecule has 0 radical (unpaired) electrons. The number of hydrogen-bond donors (Lipinski definition) is 1. The first-order chi connectivity index (χ1) is 16.2. The van der Waals surface area contributed by atoms with Crippen molar-refractivity contribution in [3.05, 3.63) is 107 Å². The second kappa shape index (κ2) is 9.00. The third kappa shape index (κ3) is 4.34. The first-order valence-corrected chi connectivity index (χ1v) is 10.7. The molecule has 0 spiro atoms. The number of fused-ring (bicyclic) bond motifs is 1. The second-order valence-electron chi connectivity index (χ2n) is 7.66. The number of carbonyl (C=O) groups excluding carboxylic acids is 1. The number of hydrogen-bond acceptors (Lipinski definition) is 4. The fraction of sp³-hybridized carbons (Fsp3) is 0.115. The molecule has 0 aliphatic heterocycles. The number of carbonyl (C=O) groups is 1. The summed E-state index contributed by atoms with van der Waals surface area (Å²) < 4.78 is 8.54. The van der Waals surface area contributed by atoms with Crippen molar-refractivity contribution in [1.29, 1.82) is 0 Å². The quantitative estimate of drug-likeness (QED) is 0.414. The number of aromatic nitrogens is 3. The topological polar surface area (TPSA) is 82.1 Å². The molecule has 0 atom stereocenters. The van der Waals surface area contributed by atoms with Crippen LogP contribution in [0.4, 0.5) is 0 Å². The van der Waals surface area contributed by atoms with E-state index < -0.39 is 5.76 Å². The van der Waals surface area contributed by atoms with Crippen LogP contribution in [0.1, 0.15) is 12.0 Å². The van der Waals surface area contributed by atoms with E-state index in [0.29, 0.717) is 17.6 Å². The van der Waals surface area contributed by atoms with Crippen LogP contribution in [0.25, 0.3) is 28.0 Å². The van der Waals surface area contributed by atoms with Gasteiger partial charge in [0.15, 0.2) is 5.58 Å². The second-order valence-corrected chi connectivity index (χ2v) is 7.66. The molecule has 0 fully saturated rings. The van der Waals surface area contributed by atoms with Crippen LogP contribution in [0.5, 0.6) is 0 Å². The number of para-hydroxylation sites is 3. The van der Waals surface area contributed by atoms with Gasteiger partial charge in [-0.15, -0.1) is 0 Å². The molecule has 7 nitrogen and oxygen atoms in total. The zero-order valence-corrected chi connectivity index (χ0v) is 17.8. The third-order valence-electron chi connectivity index (χ3n) is 5.47. The van der Waals surface area contributed by atoms with Gasteiger partial charge in [0.05, 0.1) is 16.9 Å². The lowest BCUT2D eigenvalue weighted by Gasteiger charge is -2.06.